The van der Waals surface area contributed by atoms with Crippen molar-refractivity contribution >= 4 is 5.91 Å². The summed E-state index contributed by atoms with van der Waals surface area (Å²) in [5.74, 6) is -0.157. The van der Waals surface area contributed by atoms with Crippen LogP contribution < -0.4 is 5.73 Å². The summed E-state index contributed by atoms with van der Waals surface area (Å²) in [5.41, 5.74) is 4.85. The highest BCUT2D eigenvalue weighted by atomic mass is 16.3. The number of aromatic hydroxyl groups is 1. The number of imidazole rings is 1. The summed E-state index contributed by atoms with van der Waals surface area (Å²) in [6.45, 7) is 0. The summed E-state index contributed by atoms with van der Waals surface area (Å²) in [5, 5.41) is 8.70. The van der Waals surface area contributed by atoms with Crippen LogP contribution in [0.1, 0.15) is 5.82 Å². The molecule has 0 saturated carbocycles. The van der Waals surface area contributed by atoms with Crippen LogP contribution in [0.15, 0.2) is 6.20 Å². The van der Waals surface area contributed by atoms with Crippen LogP contribution in [-0.4, -0.2) is 21.0 Å². The maximum Gasteiger partial charge on any atom is 0.225 e. The minimum Gasteiger partial charge on any atom is -0.493 e. The maximum atomic E-state index is 10.3. The first-order chi connectivity index (χ1) is 4.68. The minimum absolute atomic E-state index is 0.0283. The Kier molecular flexibility index (Phi) is 1.57. The fourth-order valence-electron chi connectivity index (χ4n) is 0.606. The predicted molar refractivity (Wildman–Crippen MR) is 33.2 cm³/mol. The summed E-state index contributed by atoms with van der Waals surface area (Å²) in [4.78, 5) is 16.4. The standard InChI is InChI=1S/C5H7N3O2/c6-3(9)1-4-7-2-5(10)8-4/h2,10H,1H2,(H2,6,9)(H,7,8). The number of nitrogens with zero attached hydrogens (tertiary/aromatic N) is 1. The van der Waals surface area contributed by atoms with Crippen LogP contribution in [-0.2, 0) is 11.2 Å². The molecule has 0 atom stereocenters. The number of nitrogens with two attached hydrogens (primary N) is 1. The van der Waals surface area contributed by atoms with Gasteiger partial charge in [-0.05, 0) is 0 Å². The van der Waals surface area contributed by atoms with Crippen LogP contribution in [0.4, 0.5) is 0 Å². The van der Waals surface area contributed by atoms with Gasteiger partial charge >= 0.3 is 0 Å². The van der Waals surface area contributed by atoms with Crippen molar-refractivity contribution in [3.8, 4) is 5.88 Å². The van der Waals surface area contributed by atoms with Crippen LogP contribution in [0, 0.1) is 0 Å². The molecule has 0 aromatic carbocycles. The Hall–Kier alpha value is -1.52. The lowest BCUT2D eigenvalue weighted by molar-refractivity contribution is -0.117. The van der Waals surface area contributed by atoms with E-state index in [0.717, 1.165) is 0 Å². The number of carbonyl (C=O) groups is 1. The van der Waals surface area contributed by atoms with Gasteiger partial charge in [0.05, 0.1) is 12.6 Å². The molecule has 0 radical (unpaired) electrons. The summed E-state index contributed by atoms with van der Waals surface area (Å²) < 4.78 is 0. The molecule has 0 saturated heterocycles. The largest absolute Gasteiger partial charge is 0.493 e. The number of hydrogen-bond donors (Lipinski definition) is 3. The maximum absolute atomic E-state index is 10.3. The minimum atomic E-state index is -0.477. The van der Waals surface area contributed by atoms with E-state index in [1.54, 1.807) is 0 Å². The number of primary amides is 1. The molecule has 5 nitrogen and oxygen atoms in total. The van der Waals surface area contributed by atoms with Crippen LogP contribution >= 0.6 is 0 Å². The number of carbonyl (C=O) groups excluding carboxylic acids is 1. The molecule has 1 heterocycles. The Morgan fingerprint density at radius 2 is 2.60 bits per heavy atom. The van der Waals surface area contributed by atoms with Gasteiger partial charge in [-0.25, -0.2) is 4.98 Å². The zero-order valence-corrected chi connectivity index (χ0v) is 5.16. The van der Waals surface area contributed by atoms with Crippen LogP contribution in [0.2, 0.25) is 0 Å². The first kappa shape index (κ1) is 6.60. The fraction of sp³-hybridized carbons (Fsp3) is 0.200. The Bertz CT molecular complexity index is 243. The topological polar surface area (TPSA) is 92.0 Å². The first-order valence-corrected chi connectivity index (χ1v) is 2.69. The molecule has 5 heteroatoms. The Balaban J connectivity index is 2.67. The summed E-state index contributed by atoms with van der Waals surface area (Å²) in [7, 11) is 0. The third-order valence-corrected chi connectivity index (χ3v) is 0.957. The van der Waals surface area contributed by atoms with Gasteiger partial charge in [-0.15, -0.1) is 0 Å². The van der Waals surface area contributed by atoms with Gasteiger partial charge in [0.1, 0.15) is 5.82 Å². The molecule has 0 aliphatic heterocycles. The van der Waals surface area contributed by atoms with E-state index >= 15 is 0 Å². The number of H-pyrrole nitrogens is 1. The van der Waals surface area contributed by atoms with Gasteiger partial charge in [0.15, 0.2) is 0 Å². The van der Waals surface area contributed by atoms with Gasteiger partial charge in [0.2, 0.25) is 11.8 Å². The highest BCUT2D eigenvalue weighted by molar-refractivity contribution is 5.75. The molecule has 10 heavy (non-hydrogen) atoms. The van der Waals surface area contributed by atoms with E-state index in [1.807, 2.05) is 0 Å². The Morgan fingerprint density at radius 3 is 3.00 bits per heavy atom. The second-order valence-corrected chi connectivity index (χ2v) is 1.86. The normalized spacial score (nSPS) is 9.60. The molecule has 1 rings (SSSR count). The lowest BCUT2D eigenvalue weighted by Gasteiger charge is -1.87. The third kappa shape index (κ3) is 1.48. The van der Waals surface area contributed by atoms with Crippen molar-refractivity contribution in [3.63, 3.8) is 0 Å². The number of rotatable bonds is 2. The fourth-order valence-corrected chi connectivity index (χ4v) is 0.606. The van der Waals surface area contributed by atoms with Crippen molar-refractivity contribution in [1.29, 1.82) is 0 Å². The average molecular weight is 141 g/mol. The molecule has 0 aliphatic carbocycles. The van der Waals surface area contributed by atoms with E-state index in [2.05, 4.69) is 9.97 Å². The molecule has 54 valence electrons. The first-order valence-electron chi connectivity index (χ1n) is 2.69. The zero-order chi connectivity index (χ0) is 7.56. The Labute approximate surface area is 56.9 Å². The highest BCUT2D eigenvalue weighted by Crippen LogP contribution is 2.02. The van der Waals surface area contributed by atoms with E-state index in [9.17, 15) is 4.79 Å². The number of aromatic amines is 1. The Morgan fingerprint density at radius 1 is 1.90 bits per heavy atom. The lowest BCUT2D eigenvalue weighted by Crippen LogP contribution is -2.14. The van der Waals surface area contributed by atoms with Gasteiger partial charge in [-0.1, -0.05) is 0 Å². The molecule has 0 unspecified atom stereocenters. The SMILES string of the molecule is NC(=O)Cc1ncc(O)[nH]1. The summed E-state index contributed by atoms with van der Waals surface area (Å²) in [6, 6.07) is 0. The smallest absolute Gasteiger partial charge is 0.225 e. The molecular formula is C5H7N3O2. The van der Waals surface area contributed by atoms with Crippen molar-refractivity contribution < 1.29 is 9.90 Å². The van der Waals surface area contributed by atoms with Crippen molar-refractivity contribution in [2.45, 2.75) is 6.42 Å². The molecule has 0 spiro atoms. The van der Waals surface area contributed by atoms with Gasteiger partial charge in [-0.2, -0.15) is 0 Å². The van der Waals surface area contributed by atoms with E-state index in [0.29, 0.717) is 5.82 Å². The predicted octanol–water partition coefficient (Wildman–Crippen LogP) is -0.857. The van der Waals surface area contributed by atoms with E-state index in [4.69, 9.17) is 10.8 Å². The van der Waals surface area contributed by atoms with Crippen LogP contribution in [0.5, 0.6) is 5.88 Å². The van der Waals surface area contributed by atoms with E-state index in [-0.39, 0.29) is 12.3 Å². The number of amides is 1. The highest BCUT2D eigenvalue weighted by Gasteiger charge is 2.01. The molecule has 1 amide bonds. The van der Waals surface area contributed by atoms with Gasteiger partial charge in [-0.3, -0.25) is 4.79 Å². The van der Waals surface area contributed by atoms with Crippen LogP contribution in [0.25, 0.3) is 0 Å². The van der Waals surface area contributed by atoms with Crippen molar-refractivity contribution in [1.82, 2.24) is 9.97 Å². The van der Waals surface area contributed by atoms with Crippen molar-refractivity contribution in [3.05, 3.63) is 12.0 Å². The van der Waals surface area contributed by atoms with Gasteiger partial charge in [0, 0.05) is 0 Å². The van der Waals surface area contributed by atoms with Crippen molar-refractivity contribution in [2.75, 3.05) is 0 Å². The zero-order valence-electron chi connectivity index (χ0n) is 5.16. The number of hydrogen-bond acceptors (Lipinski definition) is 3. The molecule has 0 bridgehead atoms. The number of nitrogens with one attached hydrogen (secondary N) is 1. The summed E-state index contributed by atoms with van der Waals surface area (Å²) >= 11 is 0. The molecule has 4 N–H and O–H groups in total. The molecular weight excluding hydrogens is 134 g/mol. The van der Waals surface area contributed by atoms with Crippen molar-refractivity contribution in [2.24, 2.45) is 5.73 Å². The second kappa shape index (κ2) is 2.38. The third-order valence-electron chi connectivity index (χ3n) is 0.957. The summed E-state index contributed by atoms with van der Waals surface area (Å²) in [6.07, 6.45) is 1.25. The molecule has 1 aromatic rings. The lowest BCUT2D eigenvalue weighted by atomic mass is 10.4. The molecule has 0 fully saturated rings. The van der Waals surface area contributed by atoms with Gasteiger partial charge in [0.25, 0.3) is 0 Å². The van der Waals surface area contributed by atoms with Gasteiger partial charge < -0.3 is 15.8 Å². The number of aromatic nitrogens is 2. The van der Waals surface area contributed by atoms with E-state index < -0.39 is 5.91 Å². The quantitative estimate of drug-likeness (QED) is 0.500. The van der Waals surface area contributed by atoms with Crippen LogP contribution in [0.3, 0.4) is 0 Å². The average Bonchev–Trinajstić information content (AvgIpc) is 2.13. The monoisotopic (exact) mass is 141 g/mol. The molecule has 1 aromatic heterocycles. The van der Waals surface area contributed by atoms with E-state index in [1.165, 1.54) is 6.20 Å². The molecule has 0 aliphatic rings. The second-order valence-electron chi connectivity index (χ2n) is 1.86.